The second-order valence-electron chi connectivity index (χ2n) is 7.18. The third-order valence-electron chi connectivity index (χ3n) is 5.35. The van der Waals surface area contributed by atoms with Gasteiger partial charge in [-0.05, 0) is 11.6 Å². The number of ether oxygens (including phenoxy) is 1. The number of hydrogen-bond acceptors (Lipinski definition) is 4. The molecule has 1 aromatic carbocycles. The quantitative estimate of drug-likeness (QED) is 0.819. The van der Waals surface area contributed by atoms with Gasteiger partial charge in [-0.15, -0.1) is 0 Å². The molecule has 0 N–H and O–H groups in total. The monoisotopic (exact) mass is 367 g/mol. The number of cyclic esters (lactones) is 1. The minimum atomic E-state index is -0.577. The second-order valence-corrected chi connectivity index (χ2v) is 7.18. The van der Waals surface area contributed by atoms with Gasteiger partial charge in [0, 0.05) is 50.9 Å². The Morgan fingerprint density at radius 2 is 1.93 bits per heavy atom. The van der Waals surface area contributed by atoms with Gasteiger partial charge in [0.2, 0.25) is 0 Å². The number of fused-ring (bicyclic) bond motifs is 1. The summed E-state index contributed by atoms with van der Waals surface area (Å²) < 4.78 is 6.77. The fourth-order valence-electron chi connectivity index (χ4n) is 3.88. The number of amides is 2. The molecule has 7 heteroatoms. The predicted octanol–water partition coefficient (Wildman–Crippen LogP) is 1.27. The lowest BCUT2D eigenvalue weighted by Crippen LogP contribution is -2.63. The molecule has 2 saturated heterocycles. The molecular weight excluding hydrogens is 346 g/mol. The lowest BCUT2D eigenvalue weighted by molar-refractivity contribution is 0.0375. The standard InChI is InChI=1S/C20H21N3O4/c1-21-8-7-16(11-17(21)24)18(25)22-9-10-23-19(26)27-14-20(23,13-22)12-15-5-3-2-4-6-15/h2-8,11H,9-10,12-14H2,1H3. The number of nitrogens with zero attached hydrogens (tertiary/aromatic N) is 3. The third-order valence-corrected chi connectivity index (χ3v) is 5.35. The number of rotatable bonds is 3. The van der Waals surface area contributed by atoms with E-state index in [0.29, 0.717) is 31.6 Å². The maximum Gasteiger partial charge on any atom is 0.410 e. The number of aryl methyl sites for hydroxylation is 1. The van der Waals surface area contributed by atoms with Gasteiger partial charge in [-0.2, -0.15) is 0 Å². The van der Waals surface area contributed by atoms with E-state index >= 15 is 0 Å². The molecule has 2 fully saturated rings. The SMILES string of the molecule is Cn1ccc(C(=O)N2CCN3C(=O)OCC3(Cc3ccccc3)C2)cc1=O. The summed E-state index contributed by atoms with van der Waals surface area (Å²) in [5.41, 5.74) is 0.653. The molecule has 3 heterocycles. The van der Waals surface area contributed by atoms with Crippen molar-refractivity contribution in [3.05, 3.63) is 70.1 Å². The van der Waals surface area contributed by atoms with Gasteiger partial charge in [0.25, 0.3) is 11.5 Å². The van der Waals surface area contributed by atoms with Crippen molar-refractivity contribution in [3.8, 4) is 0 Å². The maximum atomic E-state index is 13.0. The van der Waals surface area contributed by atoms with Gasteiger partial charge in [0.05, 0.1) is 0 Å². The zero-order valence-corrected chi connectivity index (χ0v) is 15.1. The number of carbonyl (C=O) groups excluding carboxylic acids is 2. The average molecular weight is 367 g/mol. The van der Waals surface area contributed by atoms with E-state index in [0.717, 1.165) is 5.56 Å². The fraction of sp³-hybridized carbons (Fsp3) is 0.350. The molecule has 0 saturated carbocycles. The van der Waals surface area contributed by atoms with Gasteiger partial charge >= 0.3 is 6.09 Å². The lowest BCUT2D eigenvalue weighted by Gasteiger charge is -2.44. The summed E-state index contributed by atoms with van der Waals surface area (Å²) in [5, 5.41) is 0. The van der Waals surface area contributed by atoms with Crippen LogP contribution < -0.4 is 5.56 Å². The maximum absolute atomic E-state index is 13.0. The summed E-state index contributed by atoms with van der Waals surface area (Å²) in [6.07, 6.45) is 1.87. The highest BCUT2D eigenvalue weighted by Crippen LogP contribution is 2.32. The highest BCUT2D eigenvalue weighted by atomic mass is 16.6. The van der Waals surface area contributed by atoms with E-state index in [2.05, 4.69) is 0 Å². The molecule has 2 aliphatic heterocycles. The number of benzene rings is 1. The Kier molecular flexibility index (Phi) is 4.22. The van der Waals surface area contributed by atoms with Gasteiger partial charge in [-0.3, -0.25) is 14.5 Å². The Labute approximate surface area is 156 Å². The summed E-state index contributed by atoms with van der Waals surface area (Å²) >= 11 is 0. The van der Waals surface area contributed by atoms with Crippen molar-refractivity contribution in [2.45, 2.75) is 12.0 Å². The van der Waals surface area contributed by atoms with Gasteiger partial charge in [0.1, 0.15) is 12.1 Å². The van der Waals surface area contributed by atoms with Crippen molar-refractivity contribution in [1.82, 2.24) is 14.4 Å². The topological polar surface area (TPSA) is 71.8 Å². The van der Waals surface area contributed by atoms with Crippen LogP contribution in [0.25, 0.3) is 0 Å². The van der Waals surface area contributed by atoms with E-state index in [9.17, 15) is 14.4 Å². The van der Waals surface area contributed by atoms with Gasteiger partial charge in [-0.1, -0.05) is 30.3 Å². The van der Waals surface area contributed by atoms with Crippen LogP contribution in [-0.2, 0) is 18.2 Å². The molecule has 2 aromatic rings. The molecule has 2 aliphatic rings. The molecule has 1 aromatic heterocycles. The van der Waals surface area contributed by atoms with Crippen molar-refractivity contribution in [3.63, 3.8) is 0 Å². The predicted molar refractivity (Wildman–Crippen MR) is 98.5 cm³/mol. The summed E-state index contributed by atoms with van der Waals surface area (Å²) in [5.74, 6) is -0.195. The minimum absolute atomic E-state index is 0.195. The average Bonchev–Trinajstić information content (AvgIpc) is 3.00. The molecule has 2 amide bonds. The Balaban J connectivity index is 1.61. The Morgan fingerprint density at radius 3 is 2.67 bits per heavy atom. The van der Waals surface area contributed by atoms with E-state index in [1.165, 1.54) is 10.6 Å². The highest BCUT2D eigenvalue weighted by Gasteiger charge is 2.51. The molecule has 4 rings (SSSR count). The Hall–Kier alpha value is -3.09. The first-order valence-electron chi connectivity index (χ1n) is 8.93. The van der Waals surface area contributed by atoms with Gasteiger partial charge in [-0.25, -0.2) is 4.79 Å². The van der Waals surface area contributed by atoms with Crippen LogP contribution >= 0.6 is 0 Å². The second kappa shape index (κ2) is 6.57. The smallest absolute Gasteiger partial charge is 0.410 e. The van der Waals surface area contributed by atoms with Crippen LogP contribution in [-0.4, -0.2) is 58.1 Å². The molecule has 0 bridgehead atoms. The van der Waals surface area contributed by atoms with Crippen molar-refractivity contribution >= 4 is 12.0 Å². The molecular formula is C20H21N3O4. The van der Waals surface area contributed by atoms with E-state index in [1.54, 1.807) is 29.1 Å². The number of piperazine rings is 1. The van der Waals surface area contributed by atoms with Crippen LogP contribution in [0.5, 0.6) is 0 Å². The summed E-state index contributed by atoms with van der Waals surface area (Å²) in [4.78, 5) is 40.5. The first kappa shape index (κ1) is 17.3. The zero-order valence-electron chi connectivity index (χ0n) is 15.1. The molecule has 140 valence electrons. The van der Waals surface area contributed by atoms with Crippen LogP contribution in [0.1, 0.15) is 15.9 Å². The molecule has 0 spiro atoms. The molecule has 1 unspecified atom stereocenters. The van der Waals surface area contributed by atoms with Crippen molar-refractivity contribution in [2.75, 3.05) is 26.2 Å². The van der Waals surface area contributed by atoms with Crippen LogP contribution in [0, 0.1) is 0 Å². The van der Waals surface area contributed by atoms with Crippen molar-refractivity contribution in [1.29, 1.82) is 0 Å². The number of pyridine rings is 1. The van der Waals surface area contributed by atoms with E-state index in [1.807, 2.05) is 30.3 Å². The molecule has 7 nitrogen and oxygen atoms in total. The summed E-state index contributed by atoms with van der Waals surface area (Å²) in [6.45, 7) is 1.46. The first-order valence-corrected chi connectivity index (χ1v) is 8.93. The highest BCUT2D eigenvalue weighted by molar-refractivity contribution is 5.94. The van der Waals surface area contributed by atoms with Crippen molar-refractivity contribution in [2.24, 2.45) is 7.05 Å². The molecule has 1 atom stereocenters. The van der Waals surface area contributed by atoms with E-state index in [4.69, 9.17) is 4.74 Å². The first-order chi connectivity index (χ1) is 13.0. The van der Waals surface area contributed by atoms with Gasteiger partial charge in [0.15, 0.2) is 0 Å². The molecule has 0 radical (unpaired) electrons. The van der Waals surface area contributed by atoms with Crippen LogP contribution in [0.2, 0.25) is 0 Å². The molecule has 27 heavy (non-hydrogen) atoms. The fourth-order valence-corrected chi connectivity index (χ4v) is 3.88. The summed E-state index contributed by atoms with van der Waals surface area (Å²) in [6, 6.07) is 12.9. The van der Waals surface area contributed by atoms with Crippen LogP contribution in [0.3, 0.4) is 0 Å². The Morgan fingerprint density at radius 1 is 1.15 bits per heavy atom. The van der Waals surface area contributed by atoms with Gasteiger partial charge < -0.3 is 14.2 Å². The van der Waals surface area contributed by atoms with Crippen LogP contribution in [0.15, 0.2) is 53.5 Å². The minimum Gasteiger partial charge on any atom is -0.447 e. The lowest BCUT2D eigenvalue weighted by atomic mass is 9.88. The zero-order chi connectivity index (χ0) is 19.0. The van der Waals surface area contributed by atoms with Crippen LogP contribution in [0.4, 0.5) is 4.79 Å². The Bertz CT molecular complexity index is 940. The van der Waals surface area contributed by atoms with E-state index < -0.39 is 5.54 Å². The van der Waals surface area contributed by atoms with Crippen molar-refractivity contribution < 1.29 is 14.3 Å². The van der Waals surface area contributed by atoms with E-state index in [-0.39, 0.29) is 24.2 Å². The third kappa shape index (κ3) is 3.09. The number of hydrogen-bond donors (Lipinski definition) is 0. The number of carbonyl (C=O) groups is 2. The summed E-state index contributed by atoms with van der Waals surface area (Å²) in [7, 11) is 1.64. The molecule has 0 aliphatic carbocycles. The normalized spacial score (nSPS) is 21.7. The largest absolute Gasteiger partial charge is 0.447 e. The number of aromatic nitrogens is 1.